The molecule has 5 heteroatoms. The molecule has 0 aliphatic rings. The summed E-state index contributed by atoms with van der Waals surface area (Å²) in [4.78, 5) is 24.0. The van der Waals surface area contributed by atoms with Gasteiger partial charge in [-0.05, 0) is 41.3 Å². The van der Waals surface area contributed by atoms with E-state index in [4.69, 9.17) is 9.47 Å². The quantitative estimate of drug-likeness (QED) is 0.577. The van der Waals surface area contributed by atoms with Crippen LogP contribution in [0, 0.1) is 0 Å². The van der Waals surface area contributed by atoms with Gasteiger partial charge in [0, 0.05) is 12.1 Å². The third-order valence-electron chi connectivity index (χ3n) is 4.43. The van der Waals surface area contributed by atoms with Crippen molar-refractivity contribution >= 4 is 17.6 Å². The van der Waals surface area contributed by atoms with E-state index < -0.39 is 5.97 Å². The molecule has 0 atom stereocenters. The van der Waals surface area contributed by atoms with Crippen LogP contribution in [0.25, 0.3) is 11.1 Å². The lowest BCUT2D eigenvalue weighted by molar-refractivity contribution is -0.147. The molecule has 0 saturated carbocycles. The summed E-state index contributed by atoms with van der Waals surface area (Å²) < 4.78 is 10.3. The van der Waals surface area contributed by atoms with E-state index in [-0.39, 0.29) is 18.9 Å². The number of esters is 1. The highest BCUT2D eigenvalue weighted by atomic mass is 16.5. The van der Waals surface area contributed by atoms with Crippen LogP contribution in [0.5, 0.6) is 5.75 Å². The number of aryl methyl sites for hydroxylation is 1. The topological polar surface area (TPSA) is 64.6 Å². The number of hydrogen-bond acceptors (Lipinski definition) is 4. The van der Waals surface area contributed by atoms with Crippen LogP contribution in [0.1, 0.15) is 12.0 Å². The first-order valence-corrected chi connectivity index (χ1v) is 9.38. The van der Waals surface area contributed by atoms with E-state index >= 15 is 0 Å². The van der Waals surface area contributed by atoms with Crippen molar-refractivity contribution in [2.45, 2.75) is 12.8 Å². The number of carbonyl (C=O) groups is 2. The van der Waals surface area contributed by atoms with Crippen molar-refractivity contribution in [3.8, 4) is 16.9 Å². The van der Waals surface area contributed by atoms with Crippen LogP contribution < -0.4 is 10.1 Å². The fourth-order valence-electron chi connectivity index (χ4n) is 2.94. The van der Waals surface area contributed by atoms with Gasteiger partial charge in [0.1, 0.15) is 5.75 Å². The highest BCUT2D eigenvalue weighted by molar-refractivity contribution is 5.93. The third kappa shape index (κ3) is 5.94. The lowest BCUT2D eigenvalue weighted by Gasteiger charge is -2.09. The number of ether oxygens (including phenoxy) is 2. The molecule has 148 valence electrons. The molecule has 0 aliphatic heterocycles. The van der Waals surface area contributed by atoms with Crippen molar-refractivity contribution < 1.29 is 19.1 Å². The Kier molecular flexibility index (Phi) is 7.00. The molecule has 0 fully saturated rings. The van der Waals surface area contributed by atoms with Crippen molar-refractivity contribution in [2.24, 2.45) is 0 Å². The van der Waals surface area contributed by atoms with E-state index in [1.807, 2.05) is 78.9 Å². The number of benzene rings is 3. The number of hydrogen-bond donors (Lipinski definition) is 1. The van der Waals surface area contributed by atoms with Crippen LogP contribution in [0.15, 0.2) is 78.9 Å². The van der Waals surface area contributed by atoms with Crippen molar-refractivity contribution in [3.63, 3.8) is 0 Å². The standard InChI is InChI=1S/C24H23NO4/c1-28-22-10-6-5-9-20(22)13-16-24(27)29-17-23(26)25-21-14-11-19(12-15-21)18-7-3-2-4-8-18/h2-12,14-15H,13,16-17H2,1H3,(H,25,26). The number of methoxy groups -OCH3 is 1. The van der Waals surface area contributed by atoms with E-state index in [2.05, 4.69) is 5.32 Å². The second-order valence-corrected chi connectivity index (χ2v) is 6.46. The van der Waals surface area contributed by atoms with Crippen LogP contribution >= 0.6 is 0 Å². The van der Waals surface area contributed by atoms with Crippen molar-refractivity contribution in [2.75, 3.05) is 19.0 Å². The largest absolute Gasteiger partial charge is 0.496 e. The van der Waals surface area contributed by atoms with Gasteiger partial charge in [0.25, 0.3) is 5.91 Å². The van der Waals surface area contributed by atoms with E-state index in [0.717, 1.165) is 22.4 Å². The Morgan fingerprint density at radius 2 is 1.48 bits per heavy atom. The maximum absolute atomic E-state index is 12.0. The molecule has 0 bridgehead atoms. The fraction of sp³-hybridized carbons (Fsp3) is 0.167. The summed E-state index contributed by atoms with van der Waals surface area (Å²) in [5.41, 5.74) is 3.75. The van der Waals surface area contributed by atoms with Crippen LogP contribution in [-0.2, 0) is 20.7 Å². The van der Waals surface area contributed by atoms with Gasteiger partial charge in [0.2, 0.25) is 0 Å². The van der Waals surface area contributed by atoms with Gasteiger partial charge in [-0.15, -0.1) is 0 Å². The maximum atomic E-state index is 12.0. The zero-order valence-electron chi connectivity index (χ0n) is 16.3. The predicted molar refractivity (Wildman–Crippen MR) is 113 cm³/mol. The summed E-state index contributed by atoms with van der Waals surface area (Å²) >= 11 is 0. The molecule has 5 nitrogen and oxygen atoms in total. The minimum Gasteiger partial charge on any atom is -0.496 e. The van der Waals surface area contributed by atoms with Crippen LogP contribution in [0.4, 0.5) is 5.69 Å². The first-order valence-electron chi connectivity index (χ1n) is 9.38. The zero-order valence-corrected chi connectivity index (χ0v) is 16.3. The minimum atomic E-state index is -0.425. The summed E-state index contributed by atoms with van der Waals surface area (Å²) in [5, 5.41) is 2.73. The molecule has 29 heavy (non-hydrogen) atoms. The summed E-state index contributed by atoms with van der Waals surface area (Å²) in [6, 6.07) is 25.0. The van der Waals surface area contributed by atoms with Crippen molar-refractivity contribution in [1.29, 1.82) is 0 Å². The van der Waals surface area contributed by atoms with E-state index in [1.165, 1.54) is 0 Å². The number of anilines is 1. The van der Waals surface area contributed by atoms with E-state index in [0.29, 0.717) is 12.1 Å². The Morgan fingerprint density at radius 3 is 2.21 bits per heavy atom. The van der Waals surface area contributed by atoms with Gasteiger partial charge in [-0.1, -0.05) is 60.7 Å². The molecule has 0 unspecified atom stereocenters. The van der Waals surface area contributed by atoms with Gasteiger partial charge < -0.3 is 14.8 Å². The first-order chi connectivity index (χ1) is 14.2. The highest BCUT2D eigenvalue weighted by Gasteiger charge is 2.10. The molecule has 0 spiro atoms. The lowest BCUT2D eigenvalue weighted by atomic mass is 10.1. The molecule has 3 rings (SSSR count). The highest BCUT2D eigenvalue weighted by Crippen LogP contribution is 2.21. The molecule has 0 aliphatic carbocycles. The number of amides is 1. The normalized spacial score (nSPS) is 10.2. The zero-order chi connectivity index (χ0) is 20.5. The maximum Gasteiger partial charge on any atom is 0.306 e. The molecule has 1 amide bonds. The van der Waals surface area contributed by atoms with E-state index in [9.17, 15) is 9.59 Å². The Bertz CT molecular complexity index is 952. The molecule has 3 aromatic carbocycles. The summed E-state index contributed by atoms with van der Waals surface area (Å²) in [5.74, 6) is -0.0643. The Labute approximate surface area is 170 Å². The van der Waals surface area contributed by atoms with Gasteiger partial charge in [-0.2, -0.15) is 0 Å². The van der Waals surface area contributed by atoms with Crippen molar-refractivity contribution in [3.05, 3.63) is 84.4 Å². The summed E-state index contributed by atoms with van der Waals surface area (Å²) in [6.07, 6.45) is 0.671. The summed E-state index contributed by atoms with van der Waals surface area (Å²) in [6.45, 7) is -0.314. The second kappa shape index (κ2) is 10.1. The Morgan fingerprint density at radius 1 is 0.828 bits per heavy atom. The molecule has 0 saturated heterocycles. The minimum absolute atomic E-state index is 0.180. The number of carbonyl (C=O) groups excluding carboxylic acids is 2. The molecule has 0 radical (unpaired) electrons. The number of para-hydroxylation sites is 1. The van der Waals surface area contributed by atoms with Gasteiger partial charge in [-0.25, -0.2) is 0 Å². The van der Waals surface area contributed by atoms with Gasteiger partial charge in [0.15, 0.2) is 6.61 Å². The first kappa shape index (κ1) is 20.1. The fourth-order valence-corrected chi connectivity index (χ4v) is 2.94. The molecule has 0 aromatic heterocycles. The molecule has 3 aromatic rings. The Hall–Kier alpha value is -3.60. The van der Waals surface area contributed by atoms with Crippen LogP contribution in [-0.4, -0.2) is 25.6 Å². The molecule has 0 heterocycles. The molecule has 1 N–H and O–H groups in total. The molecular formula is C24H23NO4. The lowest BCUT2D eigenvalue weighted by Crippen LogP contribution is -2.21. The number of nitrogens with one attached hydrogen (secondary N) is 1. The number of rotatable bonds is 8. The second-order valence-electron chi connectivity index (χ2n) is 6.46. The van der Waals surface area contributed by atoms with Gasteiger partial charge >= 0.3 is 5.97 Å². The van der Waals surface area contributed by atoms with Crippen LogP contribution in [0.2, 0.25) is 0 Å². The third-order valence-corrected chi connectivity index (χ3v) is 4.43. The molecular weight excluding hydrogens is 366 g/mol. The average Bonchev–Trinajstić information content (AvgIpc) is 2.77. The monoisotopic (exact) mass is 389 g/mol. The van der Waals surface area contributed by atoms with Gasteiger partial charge in [0.05, 0.1) is 7.11 Å². The van der Waals surface area contributed by atoms with Crippen LogP contribution in [0.3, 0.4) is 0 Å². The predicted octanol–water partition coefficient (Wildman–Crippen LogP) is 4.48. The van der Waals surface area contributed by atoms with Crippen molar-refractivity contribution in [1.82, 2.24) is 0 Å². The SMILES string of the molecule is COc1ccccc1CCC(=O)OCC(=O)Nc1ccc(-c2ccccc2)cc1. The van der Waals surface area contributed by atoms with E-state index in [1.54, 1.807) is 7.11 Å². The average molecular weight is 389 g/mol. The smallest absolute Gasteiger partial charge is 0.306 e. The summed E-state index contributed by atoms with van der Waals surface area (Å²) in [7, 11) is 1.59. The Balaban J connectivity index is 1.44. The van der Waals surface area contributed by atoms with Gasteiger partial charge in [-0.3, -0.25) is 9.59 Å².